The molecule has 8 atom stereocenters. The Hall–Kier alpha value is -2.04. The van der Waals surface area contributed by atoms with Crippen molar-refractivity contribution in [3.8, 4) is 5.69 Å². The van der Waals surface area contributed by atoms with E-state index in [1.807, 2.05) is 39.7 Å². The Morgan fingerprint density at radius 1 is 0.704 bits per heavy atom. The Kier molecular flexibility index (Phi) is 1.56. The molecule has 1 aromatic carbocycles. The van der Waals surface area contributed by atoms with Crippen LogP contribution >= 0.6 is 0 Å². The zero-order valence-corrected chi connectivity index (χ0v) is 15.1. The van der Waals surface area contributed by atoms with Crippen molar-refractivity contribution in [2.24, 2.45) is 33.5 Å². The fraction of sp³-hybridized carbons (Fsp3) is 0.636. The molecule has 27 heavy (non-hydrogen) atoms. The first-order valence-corrected chi connectivity index (χ1v) is 10.7. The Bertz CT molecular complexity index is 1130. The molecule has 1 aromatic heterocycles. The maximum absolute atomic E-state index is 13.6. The molecule has 2 aromatic rings. The van der Waals surface area contributed by atoms with E-state index >= 15 is 0 Å². The predicted molar refractivity (Wildman–Crippen MR) is 96.8 cm³/mol. The fourth-order valence-corrected chi connectivity index (χ4v) is 11.6. The van der Waals surface area contributed by atoms with Crippen molar-refractivity contribution in [3.05, 3.63) is 51.3 Å². The van der Waals surface area contributed by atoms with Crippen LogP contribution in [0.3, 0.4) is 0 Å². The van der Waals surface area contributed by atoms with E-state index in [0.29, 0.717) is 33.7 Å². The topological polar surface area (TPSA) is 48.9 Å². The molecule has 3 heterocycles. The summed E-state index contributed by atoms with van der Waals surface area (Å²) in [4.78, 5) is 27.2. The summed E-state index contributed by atoms with van der Waals surface area (Å²) in [5.74, 6) is 1.76. The Morgan fingerprint density at radius 3 is 1.59 bits per heavy atom. The molecule has 4 unspecified atom stereocenters. The van der Waals surface area contributed by atoms with Crippen molar-refractivity contribution in [1.29, 1.82) is 0 Å². The minimum Gasteiger partial charge on any atom is -0.245 e. The normalized spacial score (nSPS) is 55.4. The average Bonchev–Trinajstić information content (AvgIpc) is 3.30. The minimum atomic E-state index is -0.0836. The summed E-state index contributed by atoms with van der Waals surface area (Å²) in [5.41, 5.74) is 2.03. The van der Waals surface area contributed by atoms with Crippen LogP contribution in [0.1, 0.15) is 50.6 Å². The molecule has 6 aliphatic carbocycles. The molecule has 0 amide bonds. The minimum absolute atomic E-state index is 0.0836. The molecule has 10 rings (SSSR count). The molecule has 6 fully saturated rings. The maximum atomic E-state index is 13.6. The molecule has 0 N–H and O–H groups in total. The van der Waals surface area contributed by atoms with Gasteiger partial charge in [-0.25, -0.2) is 23.5 Å². The lowest BCUT2D eigenvalue weighted by Crippen LogP contribution is -3.06. The van der Waals surface area contributed by atoms with Crippen molar-refractivity contribution >= 4 is 0 Å². The lowest BCUT2D eigenvalue weighted by atomic mass is 8.98. The SMILES string of the molecule is O=c1n(-c2ccccc2)c(=O)n2n1C1[C@@]34CCC[C@]35C3C4[C@]14CCC[C@]34C25. The third-order valence-electron chi connectivity index (χ3n) is 11.1. The Morgan fingerprint density at radius 2 is 1.15 bits per heavy atom. The van der Waals surface area contributed by atoms with E-state index in [4.69, 9.17) is 0 Å². The molecule has 6 saturated carbocycles. The molecule has 8 aliphatic rings. The standard InChI is InChI=1S/C22H21N3O2/c26-17-23(12-6-2-1-3-7-12)18(27)25-16-20-9-4-8-19(20)13-14(20)22(16)11-5-10-21(13,22)15(19)24(17)25/h1-3,6-7,13-16H,4-5,8-11H2/t13?,14?,15?,16?,19-,20-,21-,22+/m1/s1. The van der Waals surface area contributed by atoms with Crippen LogP contribution in [0.15, 0.2) is 39.9 Å². The first-order valence-electron chi connectivity index (χ1n) is 10.7. The van der Waals surface area contributed by atoms with Crippen LogP contribution in [0.25, 0.3) is 5.69 Å². The van der Waals surface area contributed by atoms with Crippen LogP contribution in [-0.2, 0) is 0 Å². The van der Waals surface area contributed by atoms with Crippen LogP contribution in [0.5, 0.6) is 0 Å². The van der Waals surface area contributed by atoms with Gasteiger partial charge in [0, 0.05) is 21.7 Å². The van der Waals surface area contributed by atoms with Gasteiger partial charge in [-0.05, 0) is 49.7 Å². The van der Waals surface area contributed by atoms with E-state index in [9.17, 15) is 9.59 Å². The van der Waals surface area contributed by atoms with Crippen LogP contribution < -0.4 is 11.4 Å². The highest BCUT2D eigenvalue weighted by molar-refractivity contribution is 5.58. The van der Waals surface area contributed by atoms with Crippen LogP contribution in [0.4, 0.5) is 0 Å². The van der Waals surface area contributed by atoms with Crippen molar-refractivity contribution < 1.29 is 0 Å². The second-order valence-electron chi connectivity index (χ2n) is 10.6. The van der Waals surface area contributed by atoms with E-state index in [2.05, 4.69) is 0 Å². The number of hydrogen-bond donors (Lipinski definition) is 0. The van der Waals surface area contributed by atoms with Gasteiger partial charge in [0.25, 0.3) is 0 Å². The first kappa shape index (κ1) is 13.2. The predicted octanol–water partition coefficient (Wildman–Crippen LogP) is 2.50. The summed E-state index contributed by atoms with van der Waals surface area (Å²) in [6.45, 7) is 0. The van der Waals surface area contributed by atoms with Gasteiger partial charge in [-0.1, -0.05) is 31.0 Å². The fourth-order valence-electron chi connectivity index (χ4n) is 11.6. The maximum Gasteiger partial charge on any atom is 0.352 e. The summed E-state index contributed by atoms with van der Waals surface area (Å²) >= 11 is 0. The number of aromatic nitrogens is 3. The van der Waals surface area contributed by atoms with Crippen LogP contribution in [0.2, 0.25) is 0 Å². The van der Waals surface area contributed by atoms with Crippen molar-refractivity contribution in [2.75, 3.05) is 0 Å². The monoisotopic (exact) mass is 359 g/mol. The first-order chi connectivity index (χ1) is 13.2. The highest BCUT2D eigenvalue weighted by atomic mass is 16.2. The number of hydrogen-bond acceptors (Lipinski definition) is 2. The third kappa shape index (κ3) is 0.752. The van der Waals surface area contributed by atoms with Gasteiger partial charge in [-0.2, -0.15) is 0 Å². The van der Waals surface area contributed by atoms with E-state index in [-0.39, 0.29) is 11.4 Å². The number of para-hydroxylation sites is 1. The Labute approximate surface area is 155 Å². The van der Waals surface area contributed by atoms with Crippen molar-refractivity contribution in [2.45, 2.75) is 50.6 Å². The van der Waals surface area contributed by atoms with Gasteiger partial charge in [-0.15, -0.1) is 0 Å². The molecular formula is C22H21N3O2. The van der Waals surface area contributed by atoms with Gasteiger partial charge in [0.2, 0.25) is 0 Å². The highest BCUT2D eigenvalue weighted by Crippen LogP contribution is 3.14. The van der Waals surface area contributed by atoms with Crippen LogP contribution in [-0.4, -0.2) is 13.9 Å². The van der Waals surface area contributed by atoms with E-state index in [1.54, 1.807) is 0 Å². The summed E-state index contributed by atoms with van der Waals surface area (Å²) in [7, 11) is 0. The van der Waals surface area contributed by atoms with Crippen molar-refractivity contribution in [3.63, 3.8) is 0 Å². The lowest BCUT2D eigenvalue weighted by Gasteiger charge is -3.07. The number of benzene rings is 1. The zero-order chi connectivity index (χ0) is 17.6. The van der Waals surface area contributed by atoms with Gasteiger partial charge in [0.15, 0.2) is 0 Å². The quantitative estimate of drug-likeness (QED) is 0.785. The van der Waals surface area contributed by atoms with Gasteiger partial charge in [0.1, 0.15) is 0 Å². The summed E-state index contributed by atoms with van der Waals surface area (Å²) in [6, 6.07) is 10.1. The van der Waals surface area contributed by atoms with E-state index in [1.165, 1.54) is 43.1 Å². The van der Waals surface area contributed by atoms with E-state index < -0.39 is 0 Å². The van der Waals surface area contributed by atoms with Gasteiger partial charge in [-0.3, -0.25) is 0 Å². The van der Waals surface area contributed by atoms with Crippen molar-refractivity contribution in [1.82, 2.24) is 13.9 Å². The van der Waals surface area contributed by atoms with Gasteiger partial charge in [0.05, 0.1) is 17.8 Å². The number of nitrogens with zero attached hydrogens (tertiary/aromatic N) is 3. The molecule has 0 saturated heterocycles. The Balaban J connectivity index is 1.43. The lowest BCUT2D eigenvalue weighted by molar-refractivity contribution is -0.615. The van der Waals surface area contributed by atoms with E-state index in [0.717, 1.165) is 17.5 Å². The molecule has 0 radical (unpaired) electrons. The molecule has 5 nitrogen and oxygen atoms in total. The largest absolute Gasteiger partial charge is 0.352 e. The van der Waals surface area contributed by atoms with Crippen LogP contribution in [0, 0.1) is 33.5 Å². The highest BCUT2D eigenvalue weighted by Gasteiger charge is 3.12. The second kappa shape index (κ2) is 3.19. The molecule has 4 spiro atoms. The number of rotatable bonds is 1. The molecule has 136 valence electrons. The summed E-state index contributed by atoms with van der Waals surface area (Å²) in [6.07, 6.45) is 7.79. The summed E-state index contributed by atoms with van der Waals surface area (Å²) < 4.78 is 5.43. The van der Waals surface area contributed by atoms with Gasteiger partial charge < -0.3 is 0 Å². The molecule has 2 bridgehead atoms. The molecular weight excluding hydrogens is 338 g/mol. The molecule has 5 heteroatoms. The smallest absolute Gasteiger partial charge is 0.245 e. The summed E-state index contributed by atoms with van der Waals surface area (Å²) in [5, 5.41) is 0. The molecule has 2 aliphatic heterocycles. The second-order valence-corrected chi connectivity index (χ2v) is 10.6. The average molecular weight is 359 g/mol. The zero-order valence-electron chi connectivity index (χ0n) is 15.1. The van der Waals surface area contributed by atoms with Gasteiger partial charge >= 0.3 is 11.4 Å². The third-order valence-corrected chi connectivity index (χ3v) is 11.1.